The highest BCUT2D eigenvalue weighted by Gasteiger charge is 2.38. The van der Waals surface area contributed by atoms with Gasteiger partial charge in [-0.2, -0.15) is 5.26 Å². The Morgan fingerprint density at radius 3 is 2.43 bits per heavy atom. The first-order chi connectivity index (χ1) is 14.4. The summed E-state index contributed by atoms with van der Waals surface area (Å²) in [6, 6.07) is 17.8. The number of nitrogens with one attached hydrogen (secondary N) is 1. The molecule has 0 aromatic heterocycles. The summed E-state index contributed by atoms with van der Waals surface area (Å²) in [4.78, 5) is 38.9. The van der Waals surface area contributed by atoms with Gasteiger partial charge in [-0.05, 0) is 43.7 Å². The molecule has 3 rings (SSSR count). The fourth-order valence-electron chi connectivity index (χ4n) is 3.37. The molecule has 0 aliphatic carbocycles. The first-order valence-corrected chi connectivity index (χ1v) is 9.75. The number of carbonyl (C=O) groups excluding carboxylic acids is 3. The van der Waals surface area contributed by atoms with Crippen molar-refractivity contribution in [3.05, 3.63) is 65.7 Å². The van der Waals surface area contributed by atoms with Gasteiger partial charge in [-0.25, -0.2) is 0 Å². The van der Waals surface area contributed by atoms with Gasteiger partial charge in [-0.15, -0.1) is 0 Å². The molecule has 1 saturated heterocycles. The van der Waals surface area contributed by atoms with Crippen LogP contribution in [0, 0.1) is 17.2 Å². The van der Waals surface area contributed by atoms with Crippen molar-refractivity contribution in [2.24, 2.45) is 5.92 Å². The summed E-state index contributed by atoms with van der Waals surface area (Å²) < 4.78 is 5.31. The van der Waals surface area contributed by atoms with Gasteiger partial charge >= 0.3 is 5.97 Å². The van der Waals surface area contributed by atoms with Crippen LogP contribution in [0.25, 0.3) is 0 Å². The predicted molar refractivity (Wildman–Crippen MR) is 110 cm³/mol. The number of nitriles is 1. The van der Waals surface area contributed by atoms with Crippen LogP contribution in [0.15, 0.2) is 54.6 Å². The van der Waals surface area contributed by atoms with Crippen LogP contribution in [0.2, 0.25) is 0 Å². The van der Waals surface area contributed by atoms with E-state index in [2.05, 4.69) is 5.32 Å². The summed E-state index contributed by atoms with van der Waals surface area (Å²) in [5.74, 6) is -1.75. The van der Waals surface area contributed by atoms with Crippen molar-refractivity contribution >= 4 is 23.5 Å². The zero-order valence-corrected chi connectivity index (χ0v) is 16.9. The van der Waals surface area contributed by atoms with Crippen molar-refractivity contribution in [3.63, 3.8) is 0 Å². The normalized spacial score (nSPS) is 17.7. The number of hydrogen-bond acceptors (Lipinski definition) is 5. The van der Waals surface area contributed by atoms with Crippen LogP contribution >= 0.6 is 0 Å². The van der Waals surface area contributed by atoms with Crippen molar-refractivity contribution in [2.75, 3.05) is 11.9 Å². The van der Waals surface area contributed by atoms with E-state index in [1.807, 2.05) is 43.3 Å². The Morgan fingerprint density at radius 2 is 1.80 bits per heavy atom. The lowest BCUT2D eigenvalue weighted by Gasteiger charge is -2.25. The molecule has 1 aliphatic heterocycles. The number of amides is 2. The van der Waals surface area contributed by atoms with Gasteiger partial charge in [-0.3, -0.25) is 14.4 Å². The number of carbonyl (C=O) groups is 3. The molecule has 1 N–H and O–H groups in total. The minimum atomic E-state index is -1.01. The zero-order chi connectivity index (χ0) is 21.7. The summed E-state index contributed by atoms with van der Waals surface area (Å²) in [7, 11) is 0. The van der Waals surface area contributed by atoms with Crippen molar-refractivity contribution in [1.82, 2.24) is 4.90 Å². The van der Waals surface area contributed by atoms with Crippen LogP contribution in [0.3, 0.4) is 0 Å². The molecule has 30 heavy (non-hydrogen) atoms. The summed E-state index contributed by atoms with van der Waals surface area (Å²) in [5, 5.41) is 11.5. The van der Waals surface area contributed by atoms with E-state index in [9.17, 15) is 14.4 Å². The summed E-state index contributed by atoms with van der Waals surface area (Å²) in [5.41, 5.74) is 1.98. The number of benzene rings is 2. The molecule has 0 unspecified atom stereocenters. The van der Waals surface area contributed by atoms with Gasteiger partial charge in [0.1, 0.15) is 0 Å². The Balaban J connectivity index is 1.55. The number of esters is 1. The molecule has 2 amide bonds. The van der Waals surface area contributed by atoms with Crippen molar-refractivity contribution in [1.29, 1.82) is 5.26 Å². The molecule has 7 heteroatoms. The first-order valence-electron chi connectivity index (χ1n) is 9.75. The first kappa shape index (κ1) is 21.1. The Bertz CT molecular complexity index is 966. The second-order valence-corrected chi connectivity index (χ2v) is 7.29. The van der Waals surface area contributed by atoms with E-state index in [0.29, 0.717) is 11.3 Å². The molecular weight excluding hydrogens is 382 g/mol. The lowest BCUT2D eigenvalue weighted by molar-refractivity contribution is -0.157. The lowest BCUT2D eigenvalue weighted by Crippen LogP contribution is -2.33. The maximum atomic E-state index is 12.5. The molecule has 7 nitrogen and oxygen atoms in total. The molecule has 1 heterocycles. The SMILES string of the molecule is C[C@H](OC(=O)[C@H]1CC(=O)N([C@@H](C)c2ccccc2)C1)C(=O)Nc1ccc(C#N)cc1. The fraction of sp³-hybridized carbons (Fsp3) is 0.304. The third-order valence-corrected chi connectivity index (χ3v) is 5.18. The standard InChI is InChI=1S/C23H23N3O4/c1-15(18-6-4-3-5-7-18)26-14-19(12-21(26)27)23(29)30-16(2)22(28)25-20-10-8-17(13-24)9-11-20/h3-11,15-16,19H,12,14H2,1-2H3,(H,25,28)/t15-,16-,19-/m0/s1. The lowest BCUT2D eigenvalue weighted by atomic mass is 10.1. The van der Waals surface area contributed by atoms with E-state index in [1.54, 1.807) is 29.2 Å². The van der Waals surface area contributed by atoms with Crippen LogP contribution < -0.4 is 5.32 Å². The molecule has 1 fully saturated rings. The highest BCUT2D eigenvalue weighted by Crippen LogP contribution is 2.29. The van der Waals surface area contributed by atoms with Crippen LogP contribution in [0.4, 0.5) is 5.69 Å². The van der Waals surface area contributed by atoms with Gasteiger partial charge in [0.05, 0.1) is 23.6 Å². The highest BCUT2D eigenvalue weighted by atomic mass is 16.5. The Morgan fingerprint density at radius 1 is 1.13 bits per heavy atom. The average Bonchev–Trinajstić information content (AvgIpc) is 3.16. The molecule has 0 bridgehead atoms. The number of ether oxygens (including phenoxy) is 1. The summed E-state index contributed by atoms with van der Waals surface area (Å²) in [6.45, 7) is 3.67. The molecular formula is C23H23N3O4. The summed E-state index contributed by atoms with van der Waals surface area (Å²) >= 11 is 0. The second-order valence-electron chi connectivity index (χ2n) is 7.29. The van der Waals surface area contributed by atoms with Gasteiger partial charge < -0.3 is 15.0 Å². The van der Waals surface area contributed by atoms with Crippen LogP contribution in [0.5, 0.6) is 0 Å². The minimum absolute atomic E-state index is 0.0694. The van der Waals surface area contributed by atoms with E-state index in [0.717, 1.165) is 5.56 Å². The fourth-order valence-corrected chi connectivity index (χ4v) is 3.37. The molecule has 0 spiro atoms. The topological polar surface area (TPSA) is 99.5 Å². The Hall–Kier alpha value is -3.66. The number of rotatable bonds is 6. The van der Waals surface area contributed by atoms with E-state index in [1.165, 1.54) is 6.92 Å². The molecule has 154 valence electrons. The van der Waals surface area contributed by atoms with Gasteiger partial charge in [0.25, 0.3) is 5.91 Å². The van der Waals surface area contributed by atoms with E-state index in [4.69, 9.17) is 10.00 Å². The number of anilines is 1. The smallest absolute Gasteiger partial charge is 0.312 e. The maximum absolute atomic E-state index is 12.5. The van der Waals surface area contributed by atoms with Crippen molar-refractivity contribution in [3.8, 4) is 6.07 Å². The van der Waals surface area contributed by atoms with Crippen LogP contribution in [-0.4, -0.2) is 35.3 Å². The van der Waals surface area contributed by atoms with E-state index < -0.39 is 23.9 Å². The average molecular weight is 405 g/mol. The van der Waals surface area contributed by atoms with Gasteiger partial charge in [0, 0.05) is 18.7 Å². The van der Waals surface area contributed by atoms with Gasteiger partial charge in [0.15, 0.2) is 6.10 Å². The largest absolute Gasteiger partial charge is 0.452 e. The molecule has 0 radical (unpaired) electrons. The molecule has 0 saturated carbocycles. The van der Waals surface area contributed by atoms with Gasteiger partial charge in [0.2, 0.25) is 5.91 Å². The number of likely N-dealkylation sites (tertiary alicyclic amines) is 1. The third-order valence-electron chi connectivity index (χ3n) is 5.18. The quantitative estimate of drug-likeness (QED) is 0.745. The zero-order valence-electron chi connectivity index (χ0n) is 16.9. The summed E-state index contributed by atoms with van der Waals surface area (Å²) in [6.07, 6.45) is -0.941. The van der Waals surface area contributed by atoms with Crippen molar-refractivity contribution < 1.29 is 19.1 Å². The Kier molecular flexibility index (Phi) is 6.48. The second kappa shape index (κ2) is 9.23. The molecule has 1 aliphatic rings. The van der Waals surface area contributed by atoms with E-state index >= 15 is 0 Å². The molecule has 3 atom stereocenters. The highest BCUT2D eigenvalue weighted by molar-refractivity contribution is 5.95. The minimum Gasteiger partial charge on any atom is -0.452 e. The Labute approximate surface area is 175 Å². The van der Waals surface area contributed by atoms with Crippen LogP contribution in [0.1, 0.15) is 37.4 Å². The number of hydrogen-bond donors (Lipinski definition) is 1. The van der Waals surface area contributed by atoms with Crippen molar-refractivity contribution in [2.45, 2.75) is 32.4 Å². The number of nitrogens with zero attached hydrogens (tertiary/aromatic N) is 2. The maximum Gasteiger partial charge on any atom is 0.312 e. The van der Waals surface area contributed by atoms with E-state index in [-0.39, 0.29) is 24.9 Å². The van der Waals surface area contributed by atoms with Crippen LogP contribution in [-0.2, 0) is 19.1 Å². The monoisotopic (exact) mass is 405 g/mol. The predicted octanol–water partition coefficient (Wildman–Crippen LogP) is 3.04. The van der Waals surface area contributed by atoms with Gasteiger partial charge in [-0.1, -0.05) is 30.3 Å². The molecule has 2 aromatic rings. The molecule has 2 aromatic carbocycles. The third kappa shape index (κ3) is 4.84.